The van der Waals surface area contributed by atoms with Crippen LogP contribution < -0.4 is 10.4 Å². The zero-order valence-electron chi connectivity index (χ0n) is 13.8. The lowest BCUT2D eigenvalue weighted by Gasteiger charge is -2.30. The van der Waals surface area contributed by atoms with Crippen LogP contribution >= 0.6 is 0 Å². The Bertz CT molecular complexity index is 1040. The van der Waals surface area contributed by atoms with Crippen LogP contribution in [0.25, 0.3) is 10.8 Å². The van der Waals surface area contributed by atoms with E-state index in [1.165, 1.54) is 27.7 Å². The van der Waals surface area contributed by atoms with Crippen molar-refractivity contribution in [3.05, 3.63) is 89.9 Å². The van der Waals surface area contributed by atoms with E-state index < -0.39 is 0 Å². The van der Waals surface area contributed by atoms with Gasteiger partial charge in [0.05, 0.1) is 11.7 Å². The summed E-state index contributed by atoms with van der Waals surface area (Å²) >= 11 is 0. The maximum absolute atomic E-state index is 6.13. The van der Waals surface area contributed by atoms with Crippen LogP contribution in [0.1, 0.15) is 11.5 Å². The summed E-state index contributed by atoms with van der Waals surface area (Å²) in [5.41, 5.74) is 5.39. The average molecular weight is 315 g/mol. The molecule has 3 aromatic carbocycles. The molecule has 1 aliphatic heterocycles. The molecule has 2 atom stereocenters. The van der Waals surface area contributed by atoms with Crippen molar-refractivity contribution in [1.29, 1.82) is 0 Å². The number of hydrogen-bond donors (Lipinski definition) is 0. The minimum absolute atomic E-state index is 0.200. The molecule has 0 spiro atoms. The SMILES string of the molecule is [B]C1=CC2C(C=C1)c1ccc3cc([B])ccc3c1N2c1ccccc1. The molecule has 0 fully saturated rings. The van der Waals surface area contributed by atoms with Crippen molar-refractivity contribution < 1.29 is 0 Å². The number of rotatable bonds is 1. The first-order valence-corrected chi connectivity index (χ1v) is 8.54. The molecule has 1 heterocycles. The molecule has 0 bridgehead atoms. The number of anilines is 2. The molecule has 2 aliphatic rings. The van der Waals surface area contributed by atoms with Crippen molar-refractivity contribution in [3.63, 3.8) is 0 Å². The number of nitrogens with zero attached hydrogens (tertiary/aromatic N) is 1. The van der Waals surface area contributed by atoms with Crippen molar-refractivity contribution in [2.45, 2.75) is 12.0 Å². The molecule has 5 rings (SSSR count). The topological polar surface area (TPSA) is 3.24 Å². The van der Waals surface area contributed by atoms with Gasteiger partial charge in [0.1, 0.15) is 15.7 Å². The van der Waals surface area contributed by atoms with Gasteiger partial charge < -0.3 is 4.90 Å². The van der Waals surface area contributed by atoms with E-state index in [0.717, 1.165) is 10.9 Å². The normalized spacial score (nSPS) is 21.1. The molecule has 114 valence electrons. The Kier molecular flexibility index (Phi) is 3.18. The summed E-state index contributed by atoms with van der Waals surface area (Å²) in [6.07, 6.45) is 6.42. The molecule has 25 heavy (non-hydrogen) atoms. The lowest BCUT2D eigenvalue weighted by atomic mass is 9.82. The Morgan fingerprint density at radius 1 is 0.880 bits per heavy atom. The highest BCUT2D eigenvalue weighted by Crippen LogP contribution is 2.50. The lowest BCUT2D eigenvalue weighted by Crippen LogP contribution is -2.29. The summed E-state index contributed by atoms with van der Waals surface area (Å²) in [6, 6.07) is 21.3. The van der Waals surface area contributed by atoms with Crippen molar-refractivity contribution in [3.8, 4) is 0 Å². The predicted octanol–water partition coefficient (Wildman–Crippen LogP) is 3.86. The highest BCUT2D eigenvalue weighted by atomic mass is 15.2. The van der Waals surface area contributed by atoms with Crippen LogP contribution in [0.15, 0.2) is 84.4 Å². The standard InChI is InChI=1S/C22H15B2N/c23-15-7-10-18-14(12-15)6-9-20-19-11-8-16(24)13-21(19)25(22(18)20)17-4-2-1-3-5-17/h1-13,19,21H. The smallest absolute Gasteiger partial charge is 0.113 e. The second kappa shape index (κ2) is 5.42. The molecule has 0 saturated heterocycles. The van der Waals surface area contributed by atoms with E-state index in [1.54, 1.807) is 0 Å². The molecule has 0 saturated carbocycles. The van der Waals surface area contributed by atoms with E-state index in [0.29, 0.717) is 5.92 Å². The summed E-state index contributed by atoms with van der Waals surface area (Å²) in [5.74, 6) is 0.310. The maximum atomic E-state index is 6.13. The molecule has 0 amide bonds. The van der Waals surface area contributed by atoms with Crippen molar-refractivity contribution >= 4 is 43.3 Å². The summed E-state index contributed by atoms with van der Waals surface area (Å²) < 4.78 is 0. The van der Waals surface area contributed by atoms with Gasteiger partial charge in [-0.15, -0.1) is 0 Å². The zero-order valence-corrected chi connectivity index (χ0v) is 13.8. The van der Waals surface area contributed by atoms with Gasteiger partial charge in [0.15, 0.2) is 0 Å². The molecule has 2 unspecified atom stereocenters. The Morgan fingerprint density at radius 2 is 1.72 bits per heavy atom. The van der Waals surface area contributed by atoms with Gasteiger partial charge in [-0.25, -0.2) is 0 Å². The van der Waals surface area contributed by atoms with Gasteiger partial charge in [0.2, 0.25) is 0 Å². The van der Waals surface area contributed by atoms with Crippen LogP contribution in [0.4, 0.5) is 11.4 Å². The maximum Gasteiger partial charge on any atom is 0.113 e. The van der Waals surface area contributed by atoms with E-state index in [2.05, 4.69) is 59.5 Å². The summed E-state index contributed by atoms with van der Waals surface area (Å²) in [4.78, 5) is 2.41. The van der Waals surface area contributed by atoms with Crippen LogP contribution in [-0.4, -0.2) is 21.7 Å². The second-order valence-corrected chi connectivity index (χ2v) is 6.73. The highest BCUT2D eigenvalue weighted by Gasteiger charge is 2.38. The van der Waals surface area contributed by atoms with Gasteiger partial charge in [0.25, 0.3) is 0 Å². The number of fused-ring (bicyclic) bond motifs is 5. The number of benzene rings is 3. The van der Waals surface area contributed by atoms with Crippen LogP contribution in [-0.2, 0) is 0 Å². The largest absolute Gasteiger partial charge is 0.333 e. The van der Waals surface area contributed by atoms with Gasteiger partial charge in [-0.05, 0) is 23.1 Å². The number of para-hydroxylation sites is 1. The molecule has 3 aromatic rings. The first-order chi connectivity index (χ1) is 12.2. The molecule has 1 aliphatic carbocycles. The Labute approximate surface area is 150 Å². The fourth-order valence-corrected chi connectivity index (χ4v) is 4.13. The summed E-state index contributed by atoms with van der Waals surface area (Å²) in [5, 5.41) is 2.39. The molecule has 3 heteroatoms. The molecule has 0 aromatic heterocycles. The fourth-order valence-electron chi connectivity index (χ4n) is 4.13. The van der Waals surface area contributed by atoms with E-state index in [9.17, 15) is 0 Å². The Balaban J connectivity index is 1.82. The minimum Gasteiger partial charge on any atom is -0.333 e. The van der Waals surface area contributed by atoms with Gasteiger partial charge in [-0.3, -0.25) is 0 Å². The van der Waals surface area contributed by atoms with Crippen LogP contribution in [0.3, 0.4) is 0 Å². The third-order valence-electron chi connectivity index (χ3n) is 5.21. The van der Waals surface area contributed by atoms with Crippen LogP contribution in [0.2, 0.25) is 0 Å². The first kappa shape index (κ1) is 14.7. The third-order valence-corrected chi connectivity index (χ3v) is 5.21. The Hall–Kier alpha value is -2.67. The highest BCUT2D eigenvalue weighted by molar-refractivity contribution is 6.33. The second-order valence-electron chi connectivity index (χ2n) is 6.73. The monoisotopic (exact) mass is 315 g/mol. The summed E-state index contributed by atoms with van der Waals surface area (Å²) in [6.45, 7) is 0. The Morgan fingerprint density at radius 3 is 2.56 bits per heavy atom. The third kappa shape index (κ3) is 2.19. The molecule has 1 nitrogen and oxygen atoms in total. The van der Waals surface area contributed by atoms with E-state index in [4.69, 9.17) is 15.7 Å². The molecular formula is C22H15B2N. The first-order valence-electron chi connectivity index (χ1n) is 8.54. The zero-order chi connectivity index (χ0) is 17.0. The van der Waals surface area contributed by atoms with Gasteiger partial charge >= 0.3 is 0 Å². The quantitative estimate of drug-likeness (QED) is 0.617. The minimum atomic E-state index is 0.200. The lowest BCUT2D eigenvalue weighted by molar-refractivity contribution is 0.743. The molecule has 4 radical (unpaired) electrons. The van der Waals surface area contributed by atoms with Crippen molar-refractivity contribution in [1.82, 2.24) is 0 Å². The van der Waals surface area contributed by atoms with E-state index >= 15 is 0 Å². The van der Waals surface area contributed by atoms with Crippen molar-refractivity contribution in [2.75, 3.05) is 4.90 Å². The van der Waals surface area contributed by atoms with Gasteiger partial charge in [0, 0.05) is 17.0 Å². The average Bonchev–Trinajstić information content (AvgIpc) is 2.95. The molecule has 0 N–H and O–H groups in total. The van der Waals surface area contributed by atoms with Gasteiger partial charge in [-0.1, -0.05) is 77.7 Å². The van der Waals surface area contributed by atoms with E-state index in [1.807, 2.05) is 24.3 Å². The summed E-state index contributed by atoms with van der Waals surface area (Å²) in [7, 11) is 12.1. The number of allylic oxidation sites excluding steroid dienone is 2. The van der Waals surface area contributed by atoms with E-state index in [-0.39, 0.29) is 6.04 Å². The number of hydrogen-bond acceptors (Lipinski definition) is 1. The van der Waals surface area contributed by atoms with Crippen LogP contribution in [0.5, 0.6) is 0 Å². The van der Waals surface area contributed by atoms with Crippen molar-refractivity contribution in [2.24, 2.45) is 0 Å². The van der Waals surface area contributed by atoms with Crippen LogP contribution in [0, 0.1) is 0 Å². The van der Waals surface area contributed by atoms with Gasteiger partial charge in [-0.2, -0.15) is 0 Å². The fraction of sp³-hybridized carbons (Fsp3) is 0.0909. The predicted molar refractivity (Wildman–Crippen MR) is 107 cm³/mol. The molecular weight excluding hydrogens is 300 g/mol.